The third-order valence-electron chi connectivity index (χ3n) is 6.39. The third kappa shape index (κ3) is 4.03. The molecule has 0 bridgehead atoms. The summed E-state index contributed by atoms with van der Waals surface area (Å²) in [6, 6.07) is 0.488. The largest absolute Gasteiger partial charge is 0.342 e. The first-order valence-corrected chi connectivity index (χ1v) is 10.5. The summed E-state index contributed by atoms with van der Waals surface area (Å²) in [5, 5.41) is 0. The molecule has 3 saturated heterocycles. The Hall–Kier alpha value is -1.89. The Morgan fingerprint density at radius 3 is 2.41 bits per heavy atom. The van der Waals surface area contributed by atoms with Crippen LogP contribution in [0.4, 0.5) is 0 Å². The summed E-state index contributed by atoms with van der Waals surface area (Å²) in [6.07, 6.45) is 8.11. The summed E-state index contributed by atoms with van der Waals surface area (Å²) in [6.45, 7) is 7.32. The van der Waals surface area contributed by atoms with Crippen molar-refractivity contribution >= 4 is 11.8 Å². The number of imidazole rings is 1. The molecule has 4 heterocycles. The number of nitrogens with one attached hydrogen (secondary N) is 1. The van der Waals surface area contributed by atoms with Gasteiger partial charge < -0.3 is 14.8 Å². The maximum absolute atomic E-state index is 12.8. The summed E-state index contributed by atoms with van der Waals surface area (Å²) < 4.78 is 0. The number of rotatable bonds is 3. The van der Waals surface area contributed by atoms with E-state index < -0.39 is 0 Å². The van der Waals surface area contributed by atoms with Crippen molar-refractivity contribution in [2.45, 2.75) is 51.5 Å². The Kier molecular flexibility index (Phi) is 5.48. The van der Waals surface area contributed by atoms with Crippen LogP contribution in [0.2, 0.25) is 0 Å². The molecule has 1 aromatic rings. The van der Waals surface area contributed by atoms with Gasteiger partial charge in [0, 0.05) is 50.7 Å². The SMILES string of the molecule is Cc1cnc(C(=O)N2CCC(N3CCC[C@@H](C(=O)N4CCCC4)C3)CC2)[nH]1. The van der Waals surface area contributed by atoms with Crippen LogP contribution in [-0.4, -0.2) is 81.8 Å². The lowest BCUT2D eigenvalue weighted by Gasteiger charge is -2.42. The molecule has 0 aromatic carbocycles. The lowest BCUT2D eigenvalue weighted by atomic mass is 9.93. The number of piperidine rings is 2. The Balaban J connectivity index is 1.30. The molecule has 27 heavy (non-hydrogen) atoms. The minimum Gasteiger partial charge on any atom is -0.342 e. The quantitative estimate of drug-likeness (QED) is 0.875. The van der Waals surface area contributed by atoms with Gasteiger partial charge in [0.15, 0.2) is 5.82 Å². The van der Waals surface area contributed by atoms with E-state index in [1.165, 1.54) is 0 Å². The van der Waals surface area contributed by atoms with E-state index >= 15 is 0 Å². The molecule has 1 aromatic heterocycles. The fourth-order valence-corrected chi connectivity index (χ4v) is 4.84. The number of carbonyl (C=O) groups is 2. The fraction of sp³-hybridized carbons (Fsp3) is 0.750. The molecule has 3 aliphatic heterocycles. The van der Waals surface area contributed by atoms with Gasteiger partial charge in [-0.15, -0.1) is 0 Å². The first-order valence-electron chi connectivity index (χ1n) is 10.5. The van der Waals surface area contributed by atoms with Crippen LogP contribution < -0.4 is 0 Å². The topological polar surface area (TPSA) is 72.5 Å². The van der Waals surface area contributed by atoms with Gasteiger partial charge in [0.05, 0.1) is 5.92 Å². The van der Waals surface area contributed by atoms with Gasteiger partial charge in [-0.05, 0) is 52.0 Å². The number of hydrogen-bond donors (Lipinski definition) is 1. The minimum absolute atomic E-state index is 0.00211. The van der Waals surface area contributed by atoms with Gasteiger partial charge in [0.25, 0.3) is 5.91 Å². The van der Waals surface area contributed by atoms with Gasteiger partial charge >= 0.3 is 0 Å². The van der Waals surface area contributed by atoms with Gasteiger partial charge in [-0.3, -0.25) is 14.5 Å². The molecule has 1 N–H and O–H groups in total. The molecule has 0 radical (unpaired) electrons. The van der Waals surface area contributed by atoms with Crippen molar-refractivity contribution < 1.29 is 9.59 Å². The van der Waals surface area contributed by atoms with Crippen LogP contribution in [0.25, 0.3) is 0 Å². The number of aromatic nitrogens is 2. The zero-order valence-electron chi connectivity index (χ0n) is 16.3. The van der Waals surface area contributed by atoms with E-state index in [-0.39, 0.29) is 11.8 Å². The second kappa shape index (κ2) is 8.00. The van der Waals surface area contributed by atoms with Crippen LogP contribution in [0.5, 0.6) is 0 Å². The number of nitrogens with zero attached hydrogens (tertiary/aromatic N) is 4. The number of likely N-dealkylation sites (tertiary alicyclic amines) is 3. The van der Waals surface area contributed by atoms with E-state index in [1.807, 2.05) is 11.8 Å². The first kappa shape index (κ1) is 18.5. The van der Waals surface area contributed by atoms with Crippen LogP contribution in [0.3, 0.4) is 0 Å². The van der Waals surface area contributed by atoms with Crippen LogP contribution >= 0.6 is 0 Å². The lowest BCUT2D eigenvalue weighted by Crippen LogP contribution is -2.51. The van der Waals surface area contributed by atoms with Crippen LogP contribution in [0.15, 0.2) is 6.20 Å². The molecule has 148 valence electrons. The third-order valence-corrected chi connectivity index (χ3v) is 6.39. The molecule has 1 atom stereocenters. The summed E-state index contributed by atoms with van der Waals surface area (Å²) >= 11 is 0. The zero-order chi connectivity index (χ0) is 18.8. The molecule has 4 rings (SSSR count). The molecule has 0 saturated carbocycles. The second-order valence-corrected chi connectivity index (χ2v) is 8.30. The summed E-state index contributed by atoms with van der Waals surface area (Å²) in [5.74, 6) is 0.989. The van der Waals surface area contributed by atoms with Crippen LogP contribution in [0.1, 0.15) is 54.8 Å². The molecular weight excluding hydrogens is 342 g/mol. The molecule has 2 amide bonds. The molecule has 7 heteroatoms. The van der Waals surface area contributed by atoms with Gasteiger partial charge in [0.1, 0.15) is 0 Å². The predicted molar refractivity (Wildman–Crippen MR) is 102 cm³/mol. The predicted octanol–water partition coefficient (Wildman–Crippen LogP) is 1.66. The maximum Gasteiger partial charge on any atom is 0.289 e. The normalized spacial score (nSPS) is 25.1. The van der Waals surface area contributed by atoms with Gasteiger partial charge in [-0.1, -0.05) is 0 Å². The zero-order valence-corrected chi connectivity index (χ0v) is 16.3. The van der Waals surface area contributed by atoms with Crippen LogP contribution in [-0.2, 0) is 4.79 Å². The van der Waals surface area contributed by atoms with Crippen molar-refractivity contribution in [2.24, 2.45) is 5.92 Å². The van der Waals surface area contributed by atoms with Crippen molar-refractivity contribution in [1.29, 1.82) is 0 Å². The number of aromatic amines is 1. The number of hydrogen-bond acceptors (Lipinski definition) is 4. The Labute approximate surface area is 161 Å². The molecule has 3 aliphatic rings. The van der Waals surface area contributed by atoms with E-state index in [2.05, 4.69) is 19.8 Å². The molecule has 0 unspecified atom stereocenters. The average Bonchev–Trinajstić information content (AvgIpc) is 3.39. The molecule has 3 fully saturated rings. The summed E-state index contributed by atoms with van der Waals surface area (Å²) in [4.78, 5) is 39.0. The standard InChI is InChI=1S/C20H31N5O2/c1-15-13-21-18(22-15)20(27)24-11-6-17(7-12-24)25-10-4-5-16(14-25)19(26)23-8-2-3-9-23/h13,16-17H,2-12,14H2,1H3,(H,21,22)/t16-/m1/s1. The Morgan fingerprint density at radius 2 is 1.74 bits per heavy atom. The van der Waals surface area contributed by atoms with E-state index in [9.17, 15) is 9.59 Å². The number of aryl methyl sites for hydroxylation is 1. The van der Waals surface area contributed by atoms with Crippen molar-refractivity contribution in [3.05, 3.63) is 17.7 Å². The van der Waals surface area contributed by atoms with Crippen molar-refractivity contribution in [3.63, 3.8) is 0 Å². The summed E-state index contributed by atoms with van der Waals surface area (Å²) in [5.41, 5.74) is 0.912. The van der Waals surface area contributed by atoms with Crippen molar-refractivity contribution in [1.82, 2.24) is 24.7 Å². The lowest BCUT2D eigenvalue weighted by molar-refractivity contribution is -0.136. The molecule has 7 nitrogen and oxygen atoms in total. The second-order valence-electron chi connectivity index (χ2n) is 8.30. The highest BCUT2D eigenvalue weighted by atomic mass is 16.2. The highest BCUT2D eigenvalue weighted by Crippen LogP contribution is 2.26. The van der Waals surface area contributed by atoms with Crippen molar-refractivity contribution in [3.8, 4) is 0 Å². The average molecular weight is 374 g/mol. The highest BCUT2D eigenvalue weighted by Gasteiger charge is 2.35. The smallest absolute Gasteiger partial charge is 0.289 e. The van der Waals surface area contributed by atoms with Gasteiger partial charge in [-0.25, -0.2) is 4.98 Å². The number of amides is 2. The van der Waals surface area contributed by atoms with Crippen molar-refractivity contribution in [2.75, 3.05) is 39.3 Å². The minimum atomic E-state index is 0.00211. The van der Waals surface area contributed by atoms with E-state index in [0.29, 0.717) is 17.8 Å². The number of H-pyrrole nitrogens is 1. The first-order chi connectivity index (χ1) is 13.1. The van der Waals surface area contributed by atoms with Gasteiger partial charge in [-0.2, -0.15) is 0 Å². The fourth-order valence-electron chi connectivity index (χ4n) is 4.84. The molecular formula is C20H31N5O2. The van der Waals surface area contributed by atoms with E-state index in [4.69, 9.17) is 0 Å². The Bertz CT molecular complexity index is 674. The summed E-state index contributed by atoms with van der Waals surface area (Å²) in [7, 11) is 0. The highest BCUT2D eigenvalue weighted by molar-refractivity contribution is 5.90. The van der Waals surface area contributed by atoms with Crippen LogP contribution in [0, 0.1) is 12.8 Å². The maximum atomic E-state index is 12.8. The Morgan fingerprint density at radius 1 is 1.00 bits per heavy atom. The molecule has 0 aliphatic carbocycles. The monoisotopic (exact) mass is 373 g/mol. The molecule has 0 spiro atoms. The van der Waals surface area contributed by atoms with E-state index in [0.717, 1.165) is 83.5 Å². The number of carbonyl (C=O) groups excluding carboxylic acids is 2. The van der Waals surface area contributed by atoms with E-state index in [1.54, 1.807) is 6.20 Å². The van der Waals surface area contributed by atoms with Gasteiger partial charge in [0.2, 0.25) is 5.91 Å².